The van der Waals surface area contributed by atoms with Crippen LogP contribution in [0.2, 0.25) is 0 Å². The van der Waals surface area contributed by atoms with Crippen molar-refractivity contribution in [2.75, 3.05) is 5.32 Å². The van der Waals surface area contributed by atoms with Crippen LogP contribution in [-0.2, 0) is 4.74 Å². The molecule has 3 rings (SSSR count). The van der Waals surface area contributed by atoms with Crippen molar-refractivity contribution in [2.45, 2.75) is 43.9 Å². The fourth-order valence-electron chi connectivity index (χ4n) is 2.45. The molecule has 2 aliphatic heterocycles. The minimum Gasteiger partial charge on any atom is -0.378 e. The van der Waals surface area contributed by atoms with Crippen LogP contribution < -0.4 is 5.32 Å². The van der Waals surface area contributed by atoms with E-state index in [9.17, 15) is 0 Å². The second-order valence-corrected chi connectivity index (χ2v) is 4.77. The van der Waals surface area contributed by atoms with Gasteiger partial charge in [0.2, 0.25) is 0 Å². The summed E-state index contributed by atoms with van der Waals surface area (Å²) >= 11 is 1.49. The largest absolute Gasteiger partial charge is 0.378 e. The zero-order chi connectivity index (χ0) is 9.38. The van der Waals surface area contributed by atoms with E-state index in [-0.39, 0.29) is 0 Å². The van der Waals surface area contributed by atoms with Crippen LogP contribution in [0.1, 0.15) is 25.7 Å². The van der Waals surface area contributed by atoms with Crippen LogP contribution in [0.15, 0.2) is 11.6 Å². The summed E-state index contributed by atoms with van der Waals surface area (Å²) < 4.78 is 9.97. The predicted octanol–water partition coefficient (Wildman–Crippen LogP) is 2.27. The molecule has 1 aromatic heterocycles. The highest BCUT2D eigenvalue weighted by Gasteiger charge is 2.36. The summed E-state index contributed by atoms with van der Waals surface area (Å²) in [5.41, 5.74) is 1.15. The molecule has 2 saturated heterocycles. The molecular weight excluding hydrogens is 196 g/mol. The van der Waals surface area contributed by atoms with Crippen molar-refractivity contribution in [2.24, 2.45) is 0 Å². The highest BCUT2D eigenvalue weighted by molar-refractivity contribution is 7.04. The van der Waals surface area contributed by atoms with Gasteiger partial charge in [0.25, 0.3) is 0 Å². The molecule has 0 aromatic carbocycles. The zero-order valence-corrected chi connectivity index (χ0v) is 8.80. The third kappa shape index (κ3) is 1.53. The third-order valence-corrected chi connectivity index (χ3v) is 3.76. The van der Waals surface area contributed by atoms with Gasteiger partial charge < -0.3 is 10.1 Å². The normalized spacial score (nSPS) is 35.9. The Balaban J connectivity index is 1.67. The van der Waals surface area contributed by atoms with Crippen molar-refractivity contribution < 1.29 is 4.74 Å². The molecule has 3 heterocycles. The van der Waals surface area contributed by atoms with Gasteiger partial charge in [-0.3, -0.25) is 0 Å². The Labute approximate surface area is 87.6 Å². The first-order valence-corrected chi connectivity index (χ1v) is 6.07. The second kappa shape index (κ2) is 3.51. The molecule has 0 radical (unpaired) electrons. The number of rotatable bonds is 2. The summed E-state index contributed by atoms with van der Waals surface area (Å²) in [6.45, 7) is 0. The number of hydrogen-bond acceptors (Lipinski definition) is 4. The lowest BCUT2D eigenvalue weighted by atomic mass is 10.0. The third-order valence-electron chi connectivity index (χ3n) is 3.17. The highest BCUT2D eigenvalue weighted by Crippen LogP contribution is 2.33. The number of fused-ring (bicyclic) bond motifs is 2. The molecule has 1 N–H and O–H groups in total. The van der Waals surface area contributed by atoms with Crippen molar-refractivity contribution in [3.05, 3.63) is 11.6 Å². The van der Waals surface area contributed by atoms with Gasteiger partial charge in [-0.05, 0) is 37.2 Å². The van der Waals surface area contributed by atoms with Gasteiger partial charge in [0.15, 0.2) is 0 Å². The molecule has 3 nitrogen and oxygen atoms in total. The number of hydrogen-bond donors (Lipinski definition) is 1. The van der Waals surface area contributed by atoms with Crippen molar-refractivity contribution in [1.82, 2.24) is 4.37 Å². The first-order chi connectivity index (χ1) is 6.92. The quantitative estimate of drug-likeness (QED) is 0.813. The maximum absolute atomic E-state index is 5.88. The zero-order valence-electron chi connectivity index (χ0n) is 7.98. The van der Waals surface area contributed by atoms with Gasteiger partial charge in [-0.1, -0.05) is 0 Å². The molecule has 2 bridgehead atoms. The van der Waals surface area contributed by atoms with Crippen LogP contribution in [0, 0.1) is 0 Å². The van der Waals surface area contributed by atoms with E-state index in [1.165, 1.54) is 37.2 Å². The number of anilines is 1. The average Bonchev–Trinajstić information content (AvgIpc) is 2.80. The molecule has 0 aliphatic carbocycles. The topological polar surface area (TPSA) is 34.2 Å². The fourth-order valence-corrected chi connectivity index (χ4v) is 2.93. The molecule has 14 heavy (non-hydrogen) atoms. The monoisotopic (exact) mass is 210 g/mol. The summed E-state index contributed by atoms with van der Waals surface area (Å²) in [6, 6.07) is 0.505. The molecule has 0 saturated carbocycles. The first kappa shape index (κ1) is 8.68. The van der Waals surface area contributed by atoms with Crippen molar-refractivity contribution in [3.8, 4) is 0 Å². The van der Waals surface area contributed by atoms with Gasteiger partial charge in [-0.2, -0.15) is 4.37 Å². The molecule has 76 valence electrons. The Morgan fingerprint density at radius 2 is 2.29 bits per heavy atom. The molecule has 4 heteroatoms. The Bertz CT molecular complexity index is 301. The number of nitrogens with zero attached hydrogens (tertiary/aromatic N) is 1. The number of aromatic nitrogens is 1. The second-order valence-electron chi connectivity index (χ2n) is 4.12. The lowest BCUT2D eigenvalue weighted by molar-refractivity contribution is -0.00218. The van der Waals surface area contributed by atoms with E-state index in [0.717, 1.165) is 5.69 Å². The molecule has 0 amide bonds. The van der Waals surface area contributed by atoms with Gasteiger partial charge in [-0.25, -0.2) is 0 Å². The van der Waals surface area contributed by atoms with E-state index in [4.69, 9.17) is 4.74 Å². The molecule has 2 aliphatic rings. The average molecular weight is 210 g/mol. The lowest BCUT2D eigenvalue weighted by Gasteiger charge is -2.30. The van der Waals surface area contributed by atoms with Crippen molar-refractivity contribution in [3.63, 3.8) is 0 Å². The van der Waals surface area contributed by atoms with Crippen LogP contribution in [0.4, 0.5) is 5.69 Å². The Kier molecular flexibility index (Phi) is 2.18. The smallest absolute Gasteiger partial charge is 0.0780 e. The number of ether oxygens (including phenoxy) is 1. The molecular formula is C10H14N2OS. The molecule has 1 aromatic rings. The maximum atomic E-state index is 5.88. The van der Waals surface area contributed by atoms with Crippen LogP contribution >= 0.6 is 11.5 Å². The summed E-state index contributed by atoms with van der Waals surface area (Å²) in [4.78, 5) is 0. The number of nitrogens with one attached hydrogen (secondary N) is 1. The minimum atomic E-state index is 0.439. The SMILES string of the molecule is c1nscc1NC1CCC2CCC1O2. The van der Waals surface area contributed by atoms with Gasteiger partial charge in [0, 0.05) is 5.38 Å². The summed E-state index contributed by atoms with van der Waals surface area (Å²) in [5, 5.41) is 5.57. The predicted molar refractivity (Wildman–Crippen MR) is 56.7 cm³/mol. The molecule has 2 fully saturated rings. The Hall–Kier alpha value is -0.610. The van der Waals surface area contributed by atoms with Gasteiger partial charge in [0.1, 0.15) is 0 Å². The van der Waals surface area contributed by atoms with E-state index in [1.807, 2.05) is 6.20 Å². The van der Waals surface area contributed by atoms with E-state index in [2.05, 4.69) is 15.1 Å². The summed E-state index contributed by atoms with van der Waals surface area (Å²) in [7, 11) is 0. The van der Waals surface area contributed by atoms with Crippen LogP contribution in [0.25, 0.3) is 0 Å². The first-order valence-electron chi connectivity index (χ1n) is 5.23. The van der Waals surface area contributed by atoms with E-state index in [1.54, 1.807) is 0 Å². The van der Waals surface area contributed by atoms with Crippen LogP contribution in [0.3, 0.4) is 0 Å². The molecule has 3 unspecified atom stereocenters. The van der Waals surface area contributed by atoms with Crippen LogP contribution in [-0.4, -0.2) is 22.6 Å². The van der Waals surface area contributed by atoms with Crippen LogP contribution in [0.5, 0.6) is 0 Å². The minimum absolute atomic E-state index is 0.439. The van der Waals surface area contributed by atoms with Gasteiger partial charge in [0.05, 0.1) is 30.1 Å². The van der Waals surface area contributed by atoms with Gasteiger partial charge in [-0.15, -0.1) is 0 Å². The van der Waals surface area contributed by atoms with E-state index in [0.29, 0.717) is 18.2 Å². The lowest BCUT2D eigenvalue weighted by Crippen LogP contribution is -2.37. The molecule has 3 atom stereocenters. The fraction of sp³-hybridized carbons (Fsp3) is 0.700. The van der Waals surface area contributed by atoms with E-state index < -0.39 is 0 Å². The Morgan fingerprint density at radius 1 is 1.36 bits per heavy atom. The van der Waals surface area contributed by atoms with Crippen molar-refractivity contribution >= 4 is 17.2 Å². The standard InChI is InChI=1S/C10H14N2OS/c1-3-9(10-4-2-8(1)13-10)12-7-5-11-14-6-7/h5-6,8-10,12H,1-4H2. The maximum Gasteiger partial charge on any atom is 0.0780 e. The molecule has 0 spiro atoms. The van der Waals surface area contributed by atoms with E-state index >= 15 is 0 Å². The summed E-state index contributed by atoms with van der Waals surface area (Å²) in [5.74, 6) is 0. The van der Waals surface area contributed by atoms with Crippen molar-refractivity contribution in [1.29, 1.82) is 0 Å². The highest BCUT2D eigenvalue weighted by atomic mass is 32.1. The Morgan fingerprint density at radius 3 is 3.14 bits per heavy atom. The van der Waals surface area contributed by atoms with Gasteiger partial charge >= 0.3 is 0 Å². The summed E-state index contributed by atoms with van der Waals surface area (Å²) in [6.07, 6.45) is 7.82.